The summed E-state index contributed by atoms with van der Waals surface area (Å²) >= 11 is 0. The molecular formula is C14H10FNO4. The van der Waals surface area contributed by atoms with Crippen LogP contribution in [0.25, 0.3) is 11.1 Å². The van der Waals surface area contributed by atoms with E-state index in [2.05, 4.69) is 0 Å². The lowest BCUT2D eigenvalue weighted by Crippen LogP contribution is -2.02. The van der Waals surface area contributed by atoms with Crippen LogP contribution in [0.1, 0.15) is 15.9 Å². The van der Waals surface area contributed by atoms with E-state index in [1.54, 1.807) is 13.0 Å². The summed E-state index contributed by atoms with van der Waals surface area (Å²) in [6.07, 6.45) is 0. The van der Waals surface area contributed by atoms with Crippen LogP contribution in [0, 0.1) is 22.9 Å². The maximum Gasteiger partial charge on any atom is 0.342 e. The molecule has 0 heterocycles. The number of carboxylic acid groups (broad SMARTS) is 1. The third-order valence-electron chi connectivity index (χ3n) is 2.92. The van der Waals surface area contributed by atoms with Crippen molar-refractivity contribution in [3.05, 3.63) is 63.5 Å². The van der Waals surface area contributed by atoms with Crippen molar-refractivity contribution in [3.8, 4) is 11.1 Å². The summed E-state index contributed by atoms with van der Waals surface area (Å²) in [5.74, 6) is -1.73. The summed E-state index contributed by atoms with van der Waals surface area (Å²) in [6, 6.07) is 8.12. The Morgan fingerprint density at radius 1 is 1.20 bits per heavy atom. The molecule has 2 aromatic rings. The van der Waals surface area contributed by atoms with Gasteiger partial charge in [0.15, 0.2) is 0 Å². The van der Waals surface area contributed by atoms with Gasteiger partial charge in [-0.3, -0.25) is 10.1 Å². The van der Waals surface area contributed by atoms with E-state index in [9.17, 15) is 19.3 Å². The van der Waals surface area contributed by atoms with Crippen molar-refractivity contribution in [3.63, 3.8) is 0 Å². The van der Waals surface area contributed by atoms with Crippen molar-refractivity contribution in [1.29, 1.82) is 0 Å². The van der Waals surface area contributed by atoms with Gasteiger partial charge in [0, 0.05) is 6.07 Å². The highest BCUT2D eigenvalue weighted by molar-refractivity contribution is 5.93. The standard InChI is InChI=1S/C14H10FNO4/c1-8-6-9(3-5-12(8)15)10-2-4-11(14(17)18)13(7-10)16(19)20/h2-7H,1H3,(H,17,18). The van der Waals surface area contributed by atoms with Gasteiger partial charge in [-0.25, -0.2) is 9.18 Å². The maximum absolute atomic E-state index is 13.2. The molecule has 0 fully saturated rings. The SMILES string of the molecule is Cc1cc(-c2ccc(C(=O)O)c([N+](=O)[O-])c2)ccc1F. The average Bonchev–Trinajstić information content (AvgIpc) is 2.41. The highest BCUT2D eigenvalue weighted by Gasteiger charge is 2.20. The van der Waals surface area contributed by atoms with Crippen LogP contribution < -0.4 is 0 Å². The van der Waals surface area contributed by atoms with Crippen LogP contribution in [-0.4, -0.2) is 16.0 Å². The fourth-order valence-corrected chi connectivity index (χ4v) is 1.87. The molecule has 0 bridgehead atoms. The van der Waals surface area contributed by atoms with Crippen molar-refractivity contribution >= 4 is 11.7 Å². The molecule has 0 aliphatic rings. The maximum atomic E-state index is 13.2. The van der Waals surface area contributed by atoms with Crippen LogP contribution in [0.15, 0.2) is 36.4 Å². The molecule has 0 aromatic heterocycles. The van der Waals surface area contributed by atoms with E-state index in [0.29, 0.717) is 16.7 Å². The Balaban J connectivity index is 2.58. The topological polar surface area (TPSA) is 80.4 Å². The second-order valence-electron chi connectivity index (χ2n) is 4.26. The van der Waals surface area contributed by atoms with Gasteiger partial charge in [-0.05, 0) is 41.8 Å². The number of halogens is 1. The first-order chi connectivity index (χ1) is 9.40. The Bertz CT molecular complexity index is 712. The summed E-state index contributed by atoms with van der Waals surface area (Å²) in [5, 5.41) is 19.8. The number of hydrogen-bond acceptors (Lipinski definition) is 3. The molecule has 0 saturated heterocycles. The van der Waals surface area contributed by atoms with Crippen molar-refractivity contribution in [2.45, 2.75) is 6.92 Å². The van der Waals surface area contributed by atoms with E-state index in [0.717, 1.165) is 0 Å². The molecule has 102 valence electrons. The third-order valence-corrected chi connectivity index (χ3v) is 2.92. The average molecular weight is 275 g/mol. The van der Waals surface area contributed by atoms with Crippen LogP contribution in [0.4, 0.5) is 10.1 Å². The van der Waals surface area contributed by atoms with E-state index in [-0.39, 0.29) is 11.4 Å². The molecule has 1 N–H and O–H groups in total. The number of hydrogen-bond donors (Lipinski definition) is 1. The Morgan fingerprint density at radius 2 is 1.80 bits per heavy atom. The van der Waals surface area contributed by atoms with E-state index >= 15 is 0 Å². The van der Waals surface area contributed by atoms with Gasteiger partial charge in [-0.15, -0.1) is 0 Å². The lowest BCUT2D eigenvalue weighted by Gasteiger charge is -2.05. The first-order valence-corrected chi connectivity index (χ1v) is 5.68. The number of rotatable bonds is 3. The minimum absolute atomic E-state index is 0.370. The molecule has 0 amide bonds. The molecule has 0 saturated carbocycles. The predicted octanol–water partition coefficient (Wildman–Crippen LogP) is 3.41. The van der Waals surface area contributed by atoms with Crippen LogP contribution in [0.5, 0.6) is 0 Å². The van der Waals surface area contributed by atoms with Gasteiger partial charge in [0.2, 0.25) is 0 Å². The summed E-state index contributed by atoms with van der Waals surface area (Å²) in [4.78, 5) is 21.1. The van der Waals surface area contributed by atoms with Crippen molar-refractivity contribution in [1.82, 2.24) is 0 Å². The number of carboxylic acids is 1. The molecule has 5 nitrogen and oxygen atoms in total. The molecule has 0 radical (unpaired) electrons. The number of carbonyl (C=O) groups is 1. The predicted molar refractivity (Wildman–Crippen MR) is 70.2 cm³/mol. The van der Waals surface area contributed by atoms with Gasteiger partial charge in [0.05, 0.1) is 4.92 Å². The molecule has 2 rings (SSSR count). The summed E-state index contributed by atoms with van der Waals surface area (Å²) in [6.45, 7) is 1.58. The van der Waals surface area contributed by atoms with Gasteiger partial charge in [-0.1, -0.05) is 12.1 Å². The lowest BCUT2D eigenvalue weighted by atomic mass is 10.0. The second kappa shape index (κ2) is 5.08. The monoisotopic (exact) mass is 275 g/mol. The largest absolute Gasteiger partial charge is 0.477 e. The fraction of sp³-hybridized carbons (Fsp3) is 0.0714. The molecule has 6 heteroatoms. The summed E-state index contributed by atoms with van der Waals surface area (Å²) < 4.78 is 13.2. The van der Waals surface area contributed by atoms with Crippen LogP contribution in [-0.2, 0) is 0 Å². The highest BCUT2D eigenvalue weighted by atomic mass is 19.1. The Kier molecular flexibility index (Phi) is 3.47. The number of nitrogens with zero attached hydrogens (tertiary/aromatic N) is 1. The van der Waals surface area contributed by atoms with E-state index in [1.807, 2.05) is 0 Å². The number of benzene rings is 2. The van der Waals surface area contributed by atoms with Gasteiger partial charge in [-0.2, -0.15) is 0 Å². The zero-order valence-corrected chi connectivity index (χ0v) is 10.5. The van der Waals surface area contributed by atoms with Crippen molar-refractivity contribution in [2.24, 2.45) is 0 Å². The second-order valence-corrected chi connectivity index (χ2v) is 4.26. The molecule has 0 aliphatic carbocycles. The quantitative estimate of drug-likeness (QED) is 0.687. The Hall–Kier alpha value is -2.76. The van der Waals surface area contributed by atoms with Gasteiger partial charge >= 0.3 is 5.97 Å². The van der Waals surface area contributed by atoms with Crippen LogP contribution in [0.3, 0.4) is 0 Å². The Labute approximate surface area is 113 Å². The van der Waals surface area contributed by atoms with E-state index in [1.165, 1.54) is 30.3 Å². The number of nitro benzene ring substituents is 1. The number of aryl methyl sites for hydroxylation is 1. The number of aromatic carboxylic acids is 1. The highest BCUT2D eigenvalue weighted by Crippen LogP contribution is 2.28. The molecular weight excluding hydrogens is 265 g/mol. The molecule has 0 unspecified atom stereocenters. The third kappa shape index (κ3) is 2.49. The van der Waals surface area contributed by atoms with Gasteiger partial charge in [0.25, 0.3) is 5.69 Å². The van der Waals surface area contributed by atoms with E-state index < -0.39 is 16.6 Å². The minimum atomic E-state index is -1.36. The first kappa shape index (κ1) is 13.7. The smallest absolute Gasteiger partial charge is 0.342 e. The molecule has 20 heavy (non-hydrogen) atoms. The molecule has 0 spiro atoms. The van der Waals surface area contributed by atoms with Crippen molar-refractivity contribution < 1.29 is 19.2 Å². The molecule has 2 aromatic carbocycles. The zero-order valence-electron chi connectivity index (χ0n) is 10.5. The zero-order chi connectivity index (χ0) is 14.9. The number of nitro groups is 1. The normalized spacial score (nSPS) is 10.3. The van der Waals surface area contributed by atoms with E-state index in [4.69, 9.17) is 5.11 Å². The minimum Gasteiger partial charge on any atom is -0.477 e. The van der Waals surface area contributed by atoms with Gasteiger partial charge in [0.1, 0.15) is 11.4 Å². The molecule has 0 atom stereocenters. The van der Waals surface area contributed by atoms with Crippen LogP contribution in [0.2, 0.25) is 0 Å². The lowest BCUT2D eigenvalue weighted by molar-refractivity contribution is -0.385. The van der Waals surface area contributed by atoms with Crippen LogP contribution >= 0.6 is 0 Å². The summed E-state index contributed by atoms with van der Waals surface area (Å²) in [7, 11) is 0. The van der Waals surface area contributed by atoms with Crippen molar-refractivity contribution in [2.75, 3.05) is 0 Å². The Morgan fingerprint density at radius 3 is 2.35 bits per heavy atom. The first-order valence-electron chi connectivity index (χ1n) is 5.68. The van der Waals surface area contributed by atoms with Gasteiger partial charge < -0.3 is 5.11 Å². The summed E-state index contributed by atoms with van der Waals surface area (Å²) in [5.41, 5.74) is 0.593. The molecule has 0 aliphatic heterocycles. The fourth-order valence-electron chi connectivity index (χ4n) is 1.87.